The van der Waals surface area contributed by atoms with Crippen LogP contribution in [0, 0.1) is 24.9 Å². The summed E-state index contributed by atoms with van der Waals surface area (Å²) < 4.78 is 13.2. The molecule has 3 nitrogen and oxygen atoms in total. The standard InChI is InChI=1S/C17H12FN2.C11H8N.Ir/c1-12-9-17(13-5-4-6-14(18)10-13)20-11-15(12)16-7-2-3-8-19-16;1-2-6-10(7-3-1)11-8-4-5-9-12-11;/h2-9,11H,1H3;1-6,8-9H;/q2*-1;. The summed E-state index contributed by atoms with van der Waals surface area (Å²) in [6.07, 6.45) is 5.31. The summed E-state index contributed by atoms with van der Waals surface area (Å²) in [5, 5.41) is 0. The summed E-state index contributed by atoms with van der Waals surface area (Å²) >= 11 is 0. The van der Waals surface area contributed by atoms with E-state index in [9.17, 15) is 4.39 Å². The van der Waals surface area contributed by atoms with Crippen molar-refractivity contribution < 1.29 is 24.5 Å². The summed E-state index contributed by atoms with van der Waals surface area (Å²) in [6.45, 7) is 1.99. The SMILES string of the molecule is Cc1cc(-c2[c-]c(F)ccc2)ncc1-c1ccccn1.[Ir].[c-]1ccccc1-c1ccccn1. The first-order chi connectivity index (χ1) is 15.7. The number of hydrogen-bond acceptors (Lipinski definition) is 3. The van der Waals surface area contributed by atoms with Crippen LogP contribution in [0.4, 0.5) is 4.39 Å². The maximum absolute atomic E-state index is 13.2. The number of nitrogens with zero attached hydrogens (tertiary/aromatic N) is 3. The Balaban J connectivity index is 0.000000202. The molecule has 5 rings (SSSR count). The molecule has 0 N–H and O–H groups in total. The van der Waals surface area contributed by atoms with Gasteiger partial charge in [0.2, 0.25) is 0 Å². The maximum atomic E-state index is 13.2. The molecule has 1 radical (unpaired) electrons. The molecule has 0 saturated heterocycles. The predicted octanol–water partition coefficient (Wildman–Crippen LogP) is 6.60. The molecule has 0 fully saturated rings. The van der Waals surface area contributed by atoms with E-state index in [4.69, 9.17) is 0 Å². The zero-order valence-corrected chi connectivity index (χ0v) is 20.3. The Bertz CT molecular complexity index is 1240. The van der Waals surface area contributed by atoms with Crippen LogP contribution in [0.25, 0.3) is 33.8 Å². The Labute approximate surface area is 206 Å². The van der Waals surface area contributed by atoms with E-state index in [-0.39, 0.29) is 25.9 Å². The van der Waals surface area contributed by atoms with Crippen molar-refractivity contribution in [1.82, 2.24) is 15.0 Å². The Hall–Kier alpha value is -3.53. The predicted molar refractivity (Wildman–Crippen MR) is 125 cm³/mol. The van der Waals surface area contributed by atoms with Crippen molar-refractivity contribution >= 4 is 0 Å². The van der Waals surface area contributed by atoms with E-state index in [0.717, 1.165) is 28.1 Å². The van der Waals surface area contributed by atoms with Crippen molar-refractivity contribution in [1.29, 1.82) is 0 Å². The summed E-state index contributed by atoms with van der Waals surface area (Å²) in [4.78, 5) is 12.9. The second kappa shape index (κ2) is 11.9. The minimum absolute atomic E-state index is 0. The van der Waals surface area contributed by atoms with Gasteiger partial charge in [-0.15, -0.1) is 65.7 Å². The maximum Gasteiger partial charge on any atom is 0.0719 e. The third-order valence-electron chi connectivity index (χ3n) is 4.74. The van der Waals surface area contributed by atoms with Crippen molar-refractivity contribution in [3.05, 3.63) is 127 Å². The van der Waals surface area contributed by atoms with Gasteiger partial charge in [0.05, 0.1) is 5.69 Å². The zero-order chi connectivity index (χ0) is 22.2. The molecule has 2 aromatic carbocycles. The second-order valence-corrected chi connectivity index (χ2v) is 7.00. The van der Waals surface area contributed by atoms with Gasteiger partial charge in [0.1, 0.15) is 0 Å². The molecule has 5 heteroatoms. The average Bonchev–Trinajstić information content (AvgIpc) is 2.86. The fraction of sp³-hybridized carbons (Fsp3) is 0.0357. The van der Waals surface area contributed by atoms with E-state index >= 15 is 0 Å². The summed E-state index contributed by atoms with van der Waals surface area (Å²) in [5.74, 6) is -0.379. The first kappa shape index (κ1) is 24.1. The van der Waals surface area contributed by atoms with Gasteiger partial charge in [-0.3, -0.25) is 4.98 Å². The van der Waals surface area contributed by atoms with E-state index in [0.29, 0.717) is 11.3 Å². The monoisotopic (exact) mass is 610 g/mol. The summed E-state index contributed by atoms with van der Waals surface area (Å²) in [6, 6.07) is 32.0. The Kier molecular flexibility index (Phi) is 8.70. The molecular formula is C28H20FIrN3-2. The van der Waals surface area contributed by atoms with E-state index < -0.39 is 0 Å². The van der Waals surface area contributed by atoms with Gasteiger partial charge in [-0.2, -0.15) is 0 Å². The quantitative estimate of drug-likeness (QED) is 0.216. The van der Waals surface area contributed by atoms with E-state index in [1.165, 1.54) is 6.07 Å². The van der Waals surface area contributed by atoms with Gasteiger partial charge in [-0.1, -0.05) is 24.3 Å². The first-order valence-electron chi connectivity index (χ1n) is 10.1. The minimum atomic E-state index is -0.379. The van der Waals surface area contributed by atoms with Crippen LogP contribution in [0.15, 0.2) is 104 Å². The van der Waals surface area contributed by atoms with Crippen LogP contribution in [-0.2, 0) is 20.1 Å². The number of rotatable bonds is 3. The molecule has 33 heavy (non-hydrogen) atoms. The van der Waals surface area contributed by atoms with Gasteiger partial charge in [0, 0.05) is 50.1 Å². The molecule has 0 atom stereocenters. The van der Waals surface area contributed by atoms with E-state index in [2.05, 4.69) is 27.1 Å². The van der Waals surface area contributed by atoms with Crippen molar-refractivity contribution in [2.75, 3.05) is 0 Å². The van der Waals surface area contributed by atoms with Crippen LogP contribution in [0.5, 0.6) is 0 Å². The number of benzene rings is 2. The Morgan fingerprint density at radius 3 is 2.00 bits per heavy atom. The number of hydrogen-bond donors (Lipinski definition) is 0. The average molecular weight is 610 g/mol. The van der Waals surface area contributed by atoms with E-state index in [1.807, 2.05) is 73.7 Å². The van der Waals surface area contributed by atoms with Crippen LogP contribution in [0.1, 0.15) is 5.56 Å². The molecule has 0 aliphatic heterocycles. The molecule has 0 saturated carbocycles. The van der Waals surface area contributed by atoms with Crippen LogP contribution in [0.2, 0.25) is 0 Å². The molecule has 3 aromatic heterocycles. The van der Waals surface area contributed by atoms with Crippen molar-refractivity contribution in [2.24, 2.45) is 0 Å². The molecule has 0 amide bonds. The van der Waals surface area contributed by atoms with Gasteiger partial charge in [0.25, 0.3) is 0 Å². The van der Waals surface area contributed by atoms with Gasteiger partial charge in [-0.05, 0) is 42.1 Å². The van der Waals surface area contributed by atoms with Crippen LogP contribution in [-0.4, -0.2) is 15.0 Å². The van der Waals surface area contributed by atoms with Gasteiger partial charge in [-0.25, -0.2) is 4.39 Å². The molecule has 0 unspecified atom stereocenters. The van der Waals surface area contributed by atoms with Crippen molar-refractivity contribution in [3.63, 3.8) is 0 Å². The summed E-state index contributed by atoms with van der Waals surface area (Å²) in [7, 11) is 0. The molecular weight excluding hydrogens is 590 g/mol. The third-order valence-corrected chi connectivity index (χ3v) is 4.74. The number of halogens is 1. The summed E-state index contributed by atoms with van der Waals surface area (Å²) in [5.41, 5.74) is 6.28. The van der Waals surface area contributed by atoms with Crippen molar-refractivity contribution in [2.45, 2.75) is 6.92 Å². The minimum Gasteiger partial charge on any atom is -0.305 e. The number of aromatic nitrogens is 3. The van der Waals surface area contributed by atoms with Crippen molar-refractivity contribution in [3.8, 4) is 33.8 Å². The second-order valence-electron chi connectivity index (χ2n) is 7.00. The smallest absolute Gasteiger partial charge is 0.0719 e. The number of pyridine rings is 3. The van der Waals surface area contributed by atoms with Crippen LogP contribution < -0.4 is 0 Å². The Morgan fingerprint density at radius 1 is 0.697 bits per heavy atom. The number of aryl methyl sites for hydroxylation is 1. The molecule has 165 valence electrons. The molecule has 0 aliphatic carbocycles. The van der Waals surface area contributed by atoms with Gasteiger partial charge >= 0.3 is 0 Å². The van der Waals surface area contributed by atoms with Gasteiger partial charge < -0.3 is 9.97 Å². The normalized spacial score (nSPS) is 9.88. The molecule has 3 heterocycles. The van der Waals surface area contributed by atoms with Crippen LogP contribution in [0.3, 0.4) is 0 Å². The fourth-order valence-electron chi connectivity index (χ4n) is 3.16. The first-order valence-corrected chi connectivity index (χ1v) is 10.1. The largest absolute Gasteiger partial charge is 0.305 e. The fourth-order valence-corrected chi connectivity index (χ4v) is 3.16. The third kappa shape index (κ3) is 6.48. The molecule has 0 spiro atoms. The molecule has 0 bridgehead atoms. The Morgan fingerprint density at radius 2 is 1.39 bits per heavy atom. The topological polar surface area (TPSA) is 38.7 Å². The van der Waals surface area contributed by atoms with Crippen LogP contribution >= 0.6 is 0 Å². The molecule has 5 aromatic rings. The van der Waals surface area contributed by atoms with Gasteiger partial charge in [0.15, 0.2) is 0 Å². The van der Waals surface area contributed by atoms with E-state index in [1.54, 1.807) is 30.7 Å². The zero-order valence-electron chi connectivity index (χ0n) is 17.9. The molecule has 0 aliphatic rings.